The third-order valence-electron chi connectivity index (χ3n) is 4.92. The van der Waals surface area contributed by atoms with Gasteiger partial charge in [0.1, 0.15) is 11.8 Å². The number of carbonyl (C=O) groups is 2. The van der Waals surface area contributed by atoms with E-state index >= 15 is 0 Å². The molecule has 1 fully saturated rings. The topological polar surface area (TPSA) is 57.6 Å². The van der Waals surface area contributed by atoms with E-state index in [0.29, 0.717) is 11.3 Å². The molecule has 0 spiro atoms. The Hall–Kier alpha value is -3.18. The maximum Gasteiger partial charge on any atom is 0.300 e. The van der Waals surface area contributed by atoms with Crippen molar-refractivity contribution in [2.45, 2.75) is 19.9 Å². The molecule has 1 aliphatic heterocycles. The second kappa shape index (κ2) is 7.09. The van der Waals surface area contributed by atoms with Crippen molar-refractivity contribution in [1.29, 1.82) is 0 Å². The lowest BCUT2D eigenvalue weighted by Crippen LogP contribution is -2.29. The molecule has 28 heavy (non-hydrogen) atoms. The van der Waals surface area contributed by atoms with Gasteiger partial charge >= 0.3 is 0 Å². The molecule has 1 unspecified atom stereocenters. The van der Waals surface area contributed by atoms with Gasteiger partial charge in [-0.25, -0.2) is 0 Å². The van der Waals surface area contributed by atoms with Crippen molar-refractivity contribution in [2.24, 2.45) is 0 Å². The molecule has 0 radical (unpaired) electrons. The van der Waals surface area contributed by atoms with Crippen LogP contribution >= 0.6 is 11.3 Å². The predicted molar refractivity (Wildman–Crippen MR) is 111 cm³/mol. The molecule has 1 aromatic heterocycles. The van der Waals surface area contributed by atoms with Crippen LogP contribution in [0.3, 0.4) is 0 Å². The van der Waals surface area contributed by atoms with E-state index in [-0.39, 0.29) is 11.3 Å². The number of ketones is 1. The molecule has 5 heteroatoms. The molecule has 4 rings (SSSR count). The zero-order valence-corrected chi connectivity index (χ0v) is 16.4. The SMILES string of the molecule is Cc1ccc(N2C(=O)C(=O)/C(=C(\O)c3ccccc3)C2c2cccs2)c(C)c1. The molecule has 3 aromatic rings. The molecule has 1 saturated heterocycles. The minimum absolute atomic E-state index is 0.124. The highest BCUT2D eigenvalue weighted by Gasteiger charge is 2.47. The number of benzene rings is 2. The summed E-state index contributed by atoms with van der Waals surface area (Å²) in [7, 11) is 0. The van der Waals surface area contributed by atoms with Crippen molar-refractivity contribution in [2.75, 3.05) is 4.90 Å². The Morgan fingerprint density at radius 1 is 1.00 bits per heavy atom. The molecule has 1 aliphatic rings. The van der Waals surface area contributed by atoms with Gasteiger partial charge in [0.05, 0.1) is 5.57 Å². The molecule has 0 saturated carbocycles. The Morgan fingerprint density at radius 2 is 1.75 bits per heavy atom. The van der Waals surface area contributed by atoms with Crippen LogP contribution < -0.4 is 4.90 Å². The fraction of sp³-hybridized carbons (Fsp3) is 0.130. The molecule has 0 bridgehead atoms. The summed E-state index contributed by atoms with van der Waals surface area (Å²) in [6.07, 6.45) is 0. The highest BCUT2D eigenvalue weighted by atomic mass is 32.1. The summed E-state index contributed by atoms with van der Waals surface area (Å²) < 4.78 is 0. The lowest BCUT2D eigenvalue weighted by molar-refractivity contribution is -0.132. The second-order valence-electron chi connectivity index (χ2n) is 6.84. The number of nitrogens with zero attached hydrogens (tertiary/aromatic N) is 1. The molecule has 2 aromatic carbocycles. The summed E-state index contributed by atoms with van der Waals surface area (Å²) >= 11 is 1.46. The van der Waals surface area contributed by atoms with Gasteiger partial charge in [0.25, 0.3) is 11.7 Å². The number of aliphatic hydroxyl groups is 1. The van der Waals surface area contributed by atoms with E-state index in [2.05, 4.69) is 0 Å². The van der Waals surface area contributed by atoms with Crippen molar-refractivity contribution in [3.05, 3.63) is 93.2 Å². The smallest absolute Gasteiger partial charge is 0.300 e. The van der Waals surface area contributed by atoms with Crippen LogP contribution in [0.4, 0.5) is 5.69 Å². The minimum Gasteiger partial charge on any atom is -0.507 e. The number of Topliss-reactive ketones (excluding diaryl/α,β-unsaturated/α-hetero) is 1. The minimum atomic E-state index is -0.667. The summed E-state index contributed by atoms with van der Waals surface area (Å²) in [6, 6.07) is 17.7. The van der Waals surface area contributed by atoms with Crippen LogP contribution in [-0.2, 0) is 9.59 Å². The van der Waals surface area contributed by atoms with Crippen LogP contribution in [0.2, 0.25) is 0 Å². The van der Waals surface area contributed by atoms with E-state index in [1.165, 1.54) is 16.2 Å². The fourth-order valence-corrected chi connectivity index (χ4v) is 4.45. The van der Waals surface area contributed by atoms with E-state index in [4.69, 9.17) is 0 Å². The number of thiophene rings is 1. The van der Waals surface area contributed by atoms with Crippen molar-refractivity contribution in [3.63, 3.8) is 0 Å². The maximum atomic E-state index is 13.0. The summed E-state index contributed by atoms with van der Waals surface area (Å²) in [5.41, 5.74) is 3.30. The maximum absolute atomic E-state index is 13.0. The number of hydrogen-bond acceptors (Lipinski definition) is 4. The zero-order chi connectivity index (χ0) is 19.8. The van der Waals surface area contributed by atoms with Crippen molar-refractivity contribution < 1.29 is 14.7 Å². The largest absolute Gasteiger partial charge is 0.507 e. The van der Waals surface area contributed by atoms with Gasteiger partial charge in [-0.3, -0.25) is 14.5 Å². The summed E-state index contributed by atoms with van der Waals surface area (Å²) in [6.45, 7) is 3.90. The van der Waals surface area contributed by atoms with E-state index in [0.717, 1.165) is 16.0 Å². The Morgan fingerprint density at radius 3 is 2.39 bits per heavy atom. The number of hydrogen-bond donors (Lipinski definition) is 1. The van der Waals surface area contributed by atoms with Crippen LogP contribution in [0.15, 0.2) is 71.6 Å². The van der Waals surface area contributed by atoms with Crippen molar-refractivity contribution in [1.82, 2.24) is 0 Å². The fourth-order valence-electron chi connectivity index (χ4n) is 3.62. The average molecular weight is 389 g/mol. The molecule has 140 valence electrons. The molecule has 1 N–H and O–H groups in total. The number of aryl methyl sites for hydroxylation is 2. The van der Waals surface area contributed by atoms with Gasteiger partial charge in [-0.05, 0) is 36.9 Å². The number of amides is 1. The van der Waals surface area contributed by atoms with E-state index in [9.17, 15) is 14.7 Å². The van der Waals surface area contributed by atoms with Gasteiger partial charge in [-0.15, -0.1) is 11.3 Å². The van der Waals surface area contributed by atoms with Gasteiger partial charge in [-0.1, -0.05) is 54.1 Å². The highest BCUT2D eigenvalue weighted by molar-refractivity contribution is 7.10. The first-order valence-electron chi connectivity index (χ1n) is 8.96. The third kappa shape index (κ3) is 2.94. The molecular weight excluding hydrogens is 370 g/mol. The van der Waals surface area contributed by atoms with Crippen LogP contribution in [0.1, 0.15) is 27.6 Å². The Balaban J connectivity index is 1.95. The monoisotopic (exact) mass is 389 g/mol. The standard InChI is InChI=1S/C23H19NO3S/c1-14-10-11-17(15(2)13-14)24-20(18-9-6-12-28-18)19(22(26)23(24)27)21(25)16-7-4-3-5-8-16/h3-13,20,25H,1-2H3/b21-19-. The van der Waals surface area contributed by atoms with Gasteiger partial charge < -0.3 is 5.11 Å². The van der Waals surface area contributed by atoms with Crippen LogP contribution in [-0.4, -0.2) is 16.8 Å². The van der Waals surface area contributed by atoms with Crippen molar-refractivity contribution in [3.8, 4) is 0 Å². The van der Waals surface area contributed by atoms with Gasteiger partial charge in [0.15, 0.2) is 0 Å². The summed E-state index contributed by atoms with van der Waals surface area (Å²) in [5, 5.41) is 12.8. The van der Waals surface area contributed by atoms with E-state index < -0.39 is 17.7 Å². The number of anilines is 1. The van der Waals surface area contributed by atoms with Gasteiger partial charge in [0, 0.05) is 16.1 Å². The first-order valence-corrected chi connectivity index (χ1v) is 9.84. The first-order chi connectivity index (χ1) is 13.5. The number of carbonyl (C=O) groups excluding carboxylic acids is 2. The lowest BCUT2D eigenvalue weighted by Gasteiger charge is -2.26. The number of aliphatic hydroxyl groups excluding tert-OH is 1. The quantitative estimate of drug-likeness (QED) is 0.390. The van der Waals surface area contributed by atoms with Crippen LogP contribution in [0.25, 0.3) is 5.76 Å². The van der Waals surface area contributed by atoms with Gasteiger partial charge in [0.2, 0.25) is 0 Å². The highest BCUT2D eigenvalue weighted by Crippen LogP contribution is 2.44. The average Bonchev–Trinajstić information content (AvgIpc) is 3.30. The molecular formula is C23H19NO3S. The van der Waals surface area contributed by atoms with Crippen LogP contribution in [0.5, 0.6) is 0 Å². The Kier molecular flexibility index (Phi) is 4.61. The van der Waals surface area contributed by atoms with Crippen molar-refractivity contribution >= 4 is 34.5 Å². The lowest BCUT2D eigenvalue weighted by atomic mass is 9.99. The Labute approximate surface area is 167 Å². The zero-order valence-electron chi connectivity index (χ0n) is 15.5. The molecule has 1 amide bonds. The van der Waals surface area contributed by atoms with Gasteiger partial charge in [-0.2, -0.15) is 0 Å². The Bertz CT molecular complexity index is 1080. The first kappa shape index (κ1) is 18.2. The molecule has 1 atom stereocenters. The summed E-state index contributed by atoms with van der Waals surface area (Å²) in [4.78, 5) is 28.4. The molecule has 2 heterocycles. The molecule has 4 nitrogen and oxygen atoms in total. The third-order valence-corrected chi connectivity index (χ3v) is 5.84. The normalized spacial score (nSPS) is 18.6. The predicted octanol–water partition coefficient (Wildman–Crippen LogP) is 4.99. The van der Waals surface area contributed by atoms with E-state index in [1.807, 2.05) is 55.6 Å². The van der Waals surface area contributed by atoms with Crippen LogP contribution in [0, 0.1) is 13.8 Å². The molecule has 0 aliphatic carbocycles. The second-order valence-corrected chi connectivity index (χ2v) is 7.82. The summed E-state index contributed by atoms with van der Waals surface area (Å²) in [5.74, 6) is -1.44. The number of rotatable bonds is 3. The van der Waals surface area contributed by atoms with E-state index in [1.54, 1.807) is 24.3 Å².